The highest BCUT2D eigenvalue weighted by Gasteiger charge is 2.27. The van der Waals surface area contributed by atoms with Crippen molar-refractivity contribution in [1.29, 1.82) is 0 Å². The highest BCUT2D eigenvalue weighted by atomic mass is 35.5. The lowest BCUT2D eigenvalue weighted by Crippen LogP contribution is -2.46. The standard InChI is InChI=1S/C24H31ClN8O/c1-13-10-20(14(2)9-18(13)17-5-7-33(8-6-17)16(4)22(26)34)28-24-27-12-19(25)23(30-24)29-21-11-15(3)31-32-21/h9-12,16-17H,5-8H2,1-4H3,(H2,26,34)(H3,27,28,29,30,31,32)/t16-/m0/s1. The lowest BCUT2D eigenvalue weighted by atomic mass is 9.85. The van der Waals surface area contributed by atoms with Crippen molar-refractivity contribution in [2.75, 3.05) is 23.7 Å². The molecule has 1 aliphatic rings. The van der Waals surface area contributed by atoms with Crippen LogP contribution in [0.2, 0.25) is 5.02 Å². The molecule has 0 unspecified atom stereocenters. The first-order valence-electron chi connectivity index (χ1n) is 11.4. The number of aryl methyl sites for hydroxylation is 3. The number of primary amides is 1. The van der Waals surface area contributed by atoms with Gasteiger partial charge >= 0.3 is 0 Å². The van der Waals surface area contributed by atoms with Crippen LogP contribution in [0.15, 0.2) is 24.4 Å². The van der Waals surface area contributed by atoms with Crippen molar-refractivity contribution >= 4 is 40.8 Å². The predicted octanol–water partition coefficient (Wildman–Crippen LogP) is 4.32. The molecular weight excluding hydrogens is 452 g/mol. The number of H-pyrrole nitrogens is 1. The van der Waals surface area contributed by atoms with E-state index in [-0.39, 0.29) is 11.9 Å². The average molecular weight is 483 g/mol. The molecule has 0 aliphatic carbocycles. The zero-order valence-corrected chi connectivity index (χ0v) is 20.7. The minimum atomic E-state index is -0.261. The van der Waals surface area contributed by atoms with Gasteiger partial charge in [-0.2, -0.15) is 10.1 Å². The molecule has 0 radical (unpaired) electrons. The van der Waals surface area contributed by atoms with E-state index in [1.165, 1.54) is 11.1 Å². The van der Waals surface area contributed by atoms with Crippen molar-refractivity contribution in [3.63, 3.8) is 0 Å². The van der Waals surface area contributed by atoms with Gasteiger partial charge in [-0.05, 0) is 82.3 Å². The number of carbonyl (C=O) groups is 1. The van der Waals surface area contributed by atoms with Crippen molar-refractivity contribution < 1.29 is 4.79 Å². The molecule has 4 rings (SSSR count). The van der Waals surface area contributed by atoms with Crippen molar-refractivity contribution in [3.8, 4) is 0 Å². The maximum Gasteiger partial charge on any atom is 0.234 e. The Labute approximate surface area is 204 Å². The monoisotopic (exact) mass is 482 g/mol. The van der Waals surface area contributed by atoms with Gasteiger partial charge in [0.2, 0.25) is 11.9 Å². The predicted molar refractivity (Wildman–Crippen MR) is 135 cm³/mol. The number of benzene rings is 1. The summed E-state index contributed by atoms with van der Waals surface area (Å²) in [6.45, 7) is 9.76. The number of nitrogens with two attached hydrogens (primary N) is 1. The molecule has 1 fully saturated rings. The third-order valence-corrected chi connectivity index (χ3v) is 6.76. The fourth-order valence-electron chi connectivity index (χ4n) is 4.43. The molecule has 0 spiro atoms. The largest absolute Gasteiger partial charge is 0.368 e. The maximum atomic E-state index is 11.5. The van der Waals surface area contributed by atoms with Gasteiger partial charge in [-0.1, -0.05) is 17.7 Å². The summed E-state index contributed by atoms with van der Waals surface area (Å²) in [5.74, 6) is 1.76. The number of nitrogens with one attached hydrogen (secondary N) is 3. The second-order valence-electron chi connectivity index (χ2n) is 8.99. The van der Waals surface area contributed by atoms with E-state index >= 15 is 0 Å². The van der Waals surface area contributed by atoms with Gasteiger partial charge in [-0.25, -0.2) is 4.98 Å². The van der Waals surface area contributed by atoms with E-state index in [4.69, 9.17) is 17.3 Å². The van der Waals surface area contributed by atoms with Crippen LogP contribution in [0.5, 0.6) is 0 Å². The second kappa shape index (κ2) is 9.99. The molecule has 180 valence electrons. The molecular formula is C24H31ClN8O. The Balaban J connectivity index is 1.47. The van der Waals surface area contributed by atoms with Gasteiger partial charge in [0, 0.05) is 17.4 Å². The quantitative estimate of drug-likeness (QED) is 0.395. The van der Waals surface area contributed by atoms with Crippen molar-refractivity contribution in [2.45, 2.75) is 52.5 Å². The van der Waals surface area contributed by atoms with E-state index < -0.39 is 0 Å². The maximum absolute atomic E-state index is 11.5. The Hall–Kier alpha value is -3.17. The Morgan fingerprint density at radius 3 is 2.56 bits per heavy atom. The van der Waals surface area contributed by atoms with E-state index in [9.17, 15) is 4.79 Å². The van der Waals surface area contributed by atoms with Gasteiger partial charge in [-0.15, -0.1) is 0 Å². The minimum absolute atomic E-state index is 0.217. The van der Waals surface area contributed by atoms with E-state index in [1.54, 1.807) is 6.20 Å². The summed E-state index contributed by atoms with van der Waals surface area (Å²) in [6, 6.07) is 6.05. The molecule has 0 bridgehead atoms. The molecule has 9 nitrogen and oxygen atoms in total. The number of nitrogens with zero attached hydrogens (tertiary/aromatic N) is 4. The van der Waals surface area contributed by atoms with Gasteiger partial charge in [0.15, 0.2) is 11.6 Å². The molecule has 10 heteroatoms. The Morgan fingerprint density at radius 2 is 1.91 bits per heavy atom. The smallest absolute Gasteiger partial charge is 0.234 e. The highest BCUT2D eigenvalue weighted by Crippen LogP contribution is 2.34. The second-order valence-corrected chi connectivity index (χ2v) is 9.40. The summed E-state index contributed by atoms with van der Waals surface area (Å²) in [5, 5.41) is 13.9. The number of anilines is 4. The number of amides is 1. The molecule has 1 saturated heterocycles. The summed E-state index contributed by atoms with van der Waals surface area (Å²) in [5.41, 5.74) is 11.0. The molecule has 34 heavy (non-hydrogen) atoms. The van der Waals surface area contributed by atoms with Crippen LogP contribution in [-0.4, -0.2) is 50.1 Å². The molecule has 3 heterocycles. The summed E-state index contributed by atoms with van der Waals surface area (Å²) in [6.07, 6.45) is 3.58. The number of hydrogen-bond donors (Lipinski definition) is 4. The van der Waals surface area contributed by atoms with Gasteiger partial charge in [0.25, 0.3) is 0 Å². The molecule has 1 aromatic carbocycles. The SMILES string of the molecule is Cc1cc(Nc2nc(Nc3cc(C)c(C4CCN([C@@H](C)C(N)=O)CC4)cc3C)ncc2Cl)n[nH]1. The molecule has 2 aromatic heterocycles. The van der Waals surface area contributed by atoms with Crippen LogP contribution < -0.4 is 16.4 Å². The lowest BCUT2D eigenvalue weighted by molar-refractivity contribution is -0.123. The number of aromatic amines is 1. The van der Waals surface area contributed by atoms with Crippen molar-refractivity contribution in [3.05, 3.63) is 51.8 Å². The van der Waals surface area contributed by atoms with E-state index in [1.807, 2.05) is 19.9 Å². The zero-order valence-electron chi connectivity index (χ0n) is 19.9. The summed E-state index contributed by atoms with van der Waals surface area (Å²) >= 11 is 6.28. The minimum Gasteiger partial charge on any atom is -0.368 e. The van der Waals surface area contributed by atoms with Crippen LogP contribution in [-0.2, 0) is 4.79 Å². The lowest BCUT2D eigenvalue weighted by Gasteiger charge is -2.35. The van der Waals surface area contributed by atoms with Crippen molar-refractivity contribution in [2.24, 2.45) is 5.73 Å². The van der Waals surface area contributed by atoms with Crippen LogP contribution in [0.1, 0.15) is 48.1 Å². The van der Waals surface area contributed by atoms with Crippen LogP contribution >= 0.6 is 11.6 Å². The van der Waals surface area contributed by atoms with Crippen molar-refractivity contribution in [1.82, 2.24) is 25.1 Å². The highest BCUT2D eigenvalue weighted by molar-refractivity contribution is 6.32. The van der Waals surface area contributed by atoms with Crippen LogP contribution in [0.3, 0.4) is 0 Å². The fourth-order valence-corrected chi connectivity index (χ4v) is 4.57. The van der Waals surface area contributed by atoms with Crippen LogP contribution in [0.4, 0.5) is 23.3 Å². The number of carbonyl (C=O) groups excluding carboxylic acids is 1. The number of rotatable bonds is 7. The number of halogens is 1. The number of piperidine rings is 1. The number of hydrogen-bond acceptors (Lipinski definition) is 7. The van der Waals surface area contributed by atoms with Gasteiger partial charge in [0.05, 0.1) is 12.2 Å². The van der Waals surface area contributed by atoms with Crippen LogP contribution in [0.25, 0.3) is 0 Å². The first-order valence-corrected chi connectivity index (χ1v) is 11.8. The molecule has 1 aliphatic heterocycles. The molecule has 3 aromatic rings. The van der Waals surface area contributed by atoms with E-state index in [2.05, 4.69) is 61.7 Å². The Bertz CT molecular complexity index is 1190. The normalized spacial score (nSPS) is 15.8. The van der Waals surface area contributed by atoms with Crippen LogP contribution in [0, 0.1) is 20.8 Å². The van der Waals surface area contributed by atoms with E-state index in [0.29, 0.717) is 28.5 Å². The third kappa shape index (κ3) is 5.31. The first-order chi connectivity index (χ1) is 16.2. The summed E-state index contributed by atoms with van der Waals surface area (Å²) < 4.78 is 0. The van der Waals surface area contributed by atoms with Gasteiger partial charge < -0.3 is 16.4 Å². The molecule has 0 saturated carbocycles. The summed E-state index contributed by atoms with van der Waals surface area (Å²) in [7, 11) is 0. The summed E-state index contributed by atoms with van der Waals surface area (Å²) in [4.78, 5) is 22.6. The Morgan fingerprint density at radius 1 is 1.18 bits per heavy atom. The Kier molecular flexibility index (Phi) is 7.04. The zero-order chi connectivity index (χ0) is 24.4. The first kappa shape index (κ1) is 24.0. The molecule has 1 atom stereocenters. The number of aromatic nitrogens is 4. The van der Waals surface area contributed by atoms with E-state index in [0.717, 1.165) is 42.9 Å². The molecule has 5 N–H and O–H groups in total. The fraction of sp³-hybridized carbons (Fsp3) is 0.417. The average Bonchev–Trinajstić information content (AvgIpc) is 3.22. The third-order valence-electron chi connectivity index (χ3n) is 6.48. The van der Waals surface area contributed by atoms with Gasteiger partial charge in [0.1, 0.15) is 5.02 Å². The topological polar surface area (TPSA) is 125 Å². The number of likely N-dealkylation sites (tertiary alicyclic amines) is 1. The molecule has 1 amide bonds. The van der Waals surface area contributed by atoms with Gasteiger partial charge in [-0.3, -0.25) is 14.8 Å².